The lowest BCUT2D eigenvalue weighted by Gasteiger charge is -2.25. The fourth-order valence-electron chi connectivity index (χ4n) is 1.82. The van der Waals surface area contributed by atoms with Gasteiger partial charge in [0.15, 0.2) is 11.5 Å². The van der Waals surface area contributed by atoms with Gasteiger partial charge in [-0.3, -0.25) is 0 Å². The Kier molecular flexibility index (Phi) is 3.38. The summed E-state index contributed by atoms with van der Waals surface area (Å²) >= 11 is 0. The lowest BCUT2D eigenvalue weighted by atomic mass is 9.98. The van der Waals surface area contributed by atoms with Crippen molar-refractivity contribution in [2.24, 2.45) is 0 Å². The molecule has 0 saturated heterocycles. The van der Waals surface area contributed by atoms with Crippen molar-refractivity contribution in [1.29, 1.82) is 0 Å². The molecule has 0 radical (unpaired) electrons. The smallest absolute Gasteiger partial charge is 0.180 e. The first-order valence-electron chi connectivity index (χ1n) is 6.13. The number of nitrogens with one attached hydrogen (secondary N) is 1. The third-order valence-corrected chi connectivity index (χ3v) is 3.29. The highest BCUT2D eigenvalue weighted by atomic mass is 16.3. The van der Waals surface area contributed by atoms with Crippen LogP contribution in [0.25, 0.3) is 5.65 Å². The molecule has 0 unspecified atom stereocenters. The predicted octanol–water partition coefficient (Wildman–Crippen LogP) is 1.27. The van der Waals surface area contributed by atoms with Crippen molar-refractivity contribution < 1.29 is 5.11 Å². The maximum atomic E-state index is 10.2. The lowest BCUT2D eigenvalue weighted by Crippen LogP contribution is -2.35. The standard InChI is InChI=1S/C12H19N5O/c1-3-12(18,4-2)8-15-10-11-14-5-6-17(11)7-9(13)16-10/h5-7,18H,3-4,8,13H2,1-2H3,(H,15,16). The molecule has 2 aromatic rings. The summed E-state index contributed by atoms with van der Waals surface area (Å²) in [6, 6.07) is 0. The first kappa shape index (κ1) is 12.6. The van der Waals surface area contributed by atoms with Crippen LogP contribution in [0.15, 0.2) is 18.6 Å². The molecule has 0 aliphatic heterocycles. The Balaban J connectivity index is 2.24. The van der Waals surface area contributed by atoms with E-state index in [0.29, 0.717) is 36.7 Å². The average Bonchev–Trinajstić information content (AvgIpc) is 2.83. The van der Waals surface area contributed by atoms with E-state index >= 15 is 0 Å². The van der Waals surface area contributed by atoms with Gasteiger partial charge < -0.3 is 20.6 Å². The Labute approximate surface area is 106 Å². The van der Waals surface area contributed by atoms with E-state index in [1.165, 1.54) is 0 Å². The van der Waals surface area contributed by atoms with E-state index < -0.39 is 5.60 Å². The number of nitrogens with two attached hydrogens (primary N) is 1. The second-order valence-electron chi connectivity index (χ2n) is 4.46. The van der Waals surface area contributed by atoms with Gasteiger partial charge in [0.2, 0.25) is 0 Å². The molecule has 2 rings (SSSR count). The third kappa shape index (κ3) is 2.38. The van der Waals surface area contributed by atoms with E-state index in [0.717, 1.165) is 0 Å². The molecule has 0 saturated carbocycles. The maximum absolute atomic E-state index is 10.2. The maximum Gasteiger partial charge on any atom is 0.180 e. The summed E-state index contributed by atoms with van der Waals surface area (Å²) in [5.74, 6) is 1.01. The largest absolute Gasteiger partial charge is 0.388 e. The fourth-order valence-corrected chi connectivity index (χ4v) is 1.82. The molecule has 18 heavy (non-hydrogen) atoms. The zero-order chi connectivity index (χ0) is 13.2. The molecule has 0 atom stereocenters. The van der Waals surface area contributed by atoms with E-state index in [4.69, 9.17) is 5.73 Å². The van der Waals surface area contributed by atoms with Crippen molar-refractivity contribution in [3.05, 3.63) is 18.6 Å². The van der Waals surface area contributed by atoms with E-state index in [1.807, 2.05) is 24.4 Å². The molecule has 0 spiro atoms. The molecule has 2 heterocycles. The minimum atomic E-state index is -0.726. The Morgan fingerprint density at radius 2 is 2.17 bits per heavy atom. The van der Waals surface area contributed by atoms with Crippen LogP contribution in [0.2, 0.25) is 0 Å². The number of aliphatic hydroxyl groups is 1. The monoisotopic (exact) mass is 249 g/mol. The second-order valence-corrected chi connectivity index (χ2v) is 4.46. The van der Waals surface area contributed by atoms with Crippen LogP contribution in [0.3, 0.4) is 0 Å². The van der Waals surface area contributed by atoms with E-state index in [2.05, 4.69) is 15.3 Å². The zero-order valence-electron chi connectivity index (χ0n) is 10.7. The average molecular weight is 249 g/mol. The molecule has 4 N–H and O–H groups in total. The van der Waals surface area contributed by atoms with Gasteiger partial charge in [-0.1, -0.05) is 13.8 Å². The molecular weight excluding hydrogens is 230 g/mol. The Morgan fingerprint density at radius 1 is 1.44 bits per heavy atom. The summed E-state index contributed by atoms with van der Waals surface area (Å²) in [7, 11) is 0. The van der Waals surface area contributed by atoms with Crippen molar-refractivity contribution >= 4 is 17.3 Å². The van der Waals surface area contributed by atoms with Gasteiger partial charge in [0, 0.05) is 18.9 Å². The molecule has 98 valence electrons. The predicted molar refractivity (Wildman–Crippen MR) is 71.4 cm³/mol. The highest BCUT2D eigenvalue weighted by Crippen LogP contribution is 2.19. The third-order valence-electron chi connectivity index (χ3n) is 3.29. The fraction of sp³-hybridized carbons (Fsp3) is 0.500. The van der Waals surface area contributed by atoms with Gasteiger partial charge >= 0.3 is 0 Å². The number of hydrogen-bond donors (Lipinski definition) is 3. The Hall–Kier alpha value is -1.82. The van der Waals surface area contributed by atoms with E-state index in [-0.39, 0.29) is 0 Å². The number of anilines is 2. The molecule has 0 aliphatic carbocycles. The van der Waals surface area contributed by atoms with Crippen LogP contribution in [0, 0.1) is 0 Å². The molecule has 0 aromatic carbocycles. The molecule has 0 fully saturated rings. The highest BCUT2D eigenvalue weighted by molar-refractivity contribution is 5.64. The normalized spacial score (nSPS) is 11.9. The molecule has 2 aromatic heterocycles. The summed E-state index contributed by atoms with van der Waals surface area (Å²) in [6.07, 6.45) is 6.57. The molecular formula is C12H19N5O. The first-order chi connectivity index (χ1) is 8.58. The van der Waals surface area contributed by atoms with Crippen molar-refractivity contribution in [1.82, 2.24) is 14.4 Å². The van der Waals surface area contributed by atoms with E-state index in [1.54, 1.807) is 12.4 Å². The van der Waals surface area contributed by atoms with Crippen LogP contribution < -0.4 is 11.1 Å². The molecule has 6 heteroatoms. The van der Waals surface area contributed by atoms with Gasteiger partial charge in [0.1, 0.15) is 5.82 Å². The van der Waals surface area contributed by atoms with Crippen molar-refractivity contribution in [3.8, 4) is 0 Å². The second kappa shape index (κ2) is 4.81. The molecule has 6 nitrogen and oxygen atoms in total. The topological polar surface area (TPSA) is 88.5 Å². The Bertz CT molecular complexity index is 532. The van der Waals surface area contributed by atoms with Gasteiger partial charge in [0.05, 0.1) is 11.8 Å². The summed E-state index contributed by atoms with van der Waals surface area (Å²) in [5, 5.41) is 13.4. The molecule has 0 amide bonds. The van der Waals surface area contributed by atoms with Crippen LogP contribution in [0.4, 0.5) is 11.6 Å². The number of nitrogen functional groups attached to an aromatic ring is 1. The van der Waals surface area contributed by atoms with Gasteiger partial charge in [-0.05, 0) is 12.8 Å². The summed E-state index contributed by atoms with van der Waals surface area (Å²) in [4.78, 5) is 8.43. The number of hydrogen-bond acceptors (Lipinski definition) is 5. The number of fused-ring (bicyclic) bond motifs is 1. The van der Waals surface area contributed by atoms with Crippen LogP contribution in [0.5, 0.6) is 0 Å². The van der Waals surface area contributed by atoms with Gasteiger partial charge in [-0.2, -0.15) is 0 Å². The Morgan fingerprint density at radius 3 is 2.83 bits per heavy atom. The highest BCUT2D eigenvalue weighted by Gasteiger charge is 2.22. The molecule has 0 aliphatic rings. The first-order valence-corrected chi connectivity index (χ1v) is 6.13. The van der Waals surface area contributed by atoms with Crippen LogP contribution in [0.1, 0.15) is 26.7 Å². The minimum absolute atomic E-state index is 0.416. The van der Waals surface area contributed by atoms with E-state index in [9.17, 15) is 5.11 Å². The zero-order valence-corrected chi connectivity index (χ0v) is 10.7. The van der Waals surface area contributed by atoms with Crippen molar-refractivity contribution in [3.63, 3.8) is 0 Å². The van der Waals surface area contributed by atoms with Crippen molar-refractivity contribution in [2.75, 3.05) is 17.6 Å². The SMILES string of the molecule is CCC(O)(CC)CNc1nc(N)cn2ccnc12. The van der Waals surface area contributed by atoms with Crippen LogP contribution in [-0.2, 0) is 0 Å². The number of imidazole rings is 1. The summed E-state index contributed by atoms with van der Waals surface area (Å²) in [6.45, 7) is 4.35. The van der Waals surface area contributed by atoms with Crippen LogP contribution in [-0.4, -0.2) is 31.6 Å². The van der Waals surface area contributed by atoms with Crippen molar-refractivity contribution in [2.45, 2.75) is 32.3 Å². The molecule has 0 bridgehead atoms. The summed E-state index contributed by atoms with van der Waals surface area (Å²) < 4.78 is 1.81. The van der Waals surface area contributed by atoms with Gasteiger partial charge in [-0.25, -0.2) is 9.97 Å². The lowest BCUT2D eigenvalue weighted by molar-refractivity contribution is 0.0456. The quantitative estimate of drug-likeness (QED) is 0.742. The number of rotatable bonds is 5. The number of nitrogens with zero attached hydrogens (tertiary/aromatic N) is 3. The number of aromatic nitrogens is 3. The van der Waals surface area contributed by atoms with Crippen LogP contribution >= 0.6 is 0 Å². The summed E-state index contributed by atoms with van der Waals surface area (Å²) in [5.41, 5.74) is 5.71. The van der Waals surface area contributed by atoms with Gasteiger partial charge in [0.25, 0.3) is 0 Å². The van der Waals surface area contributed by atoms with Gasteiger partial charge in [-0.15, -0.1) is 0 Å². The minimum Gasteiger partial charge on any atom is -0.388 e.